The highest BCUT2D eigenvalue weighted by Crippen LogP contribution is 2.22. The number of aromatic amines is 1. The lowest BCUT2D eigenvalue weighted by molar-refractivity contribution is -0.125. The summed E-state index contributed by atoms with van der Waals surface area (Å²) in [4.78, 5) is 11.9. The Kier molecular flexibility index (Phi) is 4.08. The van der Waals surface area contributed by atoms with Crippen LogP contribution in [-0.4, -0.2) is 41.6 Å². The van der Waals surface area contributed by atoms with E-state index in [1.165, 1.54) is 0 Å². The molecule has 6 nitrogen and oxygen atoms in total. The molecule has 94 valence electrons. The highest BCUT2D eigenvalue weighted by Gasteiger charge is 2.26. The summed E-state index contributed by atoms with van der Waals surface area (Å²) in [5.41, 5.74) is 1.95. The smallest absolute Gasteiger partial charge is 0.223 e. The molecule has 17 heavy (non-hydrogen) atoms. The third-order valence-electron chi connectivity index (χ3n) is 3.07. The van der Waals surface area contributed by atoms with E-state index >= 15 is 0 Å². The normalized spacial score (nSPS) is 18.8. The zero-order valence-corrected chi connectivity index (χ0v) is 10.0. The maximum Gasteiger partial charge on any atom is 0.223 e. The van der Waals surface area contributed by atoms with Crippen molar-refractivity contribution in [2.24, 2.45) is 5.92 Å². The summed E-state index contributed by atoms with van der Waals surface area (Å²) in [5.74, 6) is 0.157. The second kappa shape index (κ2) is 5.77. The Hall–Kier alpha value is -1.43. The number of nitrogens with zero attached hydrogens (tertiary/aromatic N) is 2. The molecule has 1 atom stereocenters. The summed E-state index contributed by atoms with van der Waals surface area (Å²) >= 11 is 0. The first-order valence-corrected chi connectivity index (χ1v) is 5.96. The van der Waals surface area contributed by atoms with Crippen LogP contribution in [0.1, 0.15) is 24.2 Å². The van der Waals surface area contributed by atoms with Crippen LogP contribution >= 0.6 is 0 Å². The van der Waals surface area contributed by atoms with E-state index in [9.17, 15) is 4.79 Å². The van der Waals surface area contributed by atoms with Gasteiger partial charge in [0.1, 0.15) is 0 Å². The molecule has 1 unspecified atom stereocenters. The molecule has 6 heteroatoms. The van der Waals surface area contributed by atoms with E-state index in [1.807, 2.05) is 0 Å². The number of H-pyrrole nitrogens is 1. The van der Waals surface area contributed by atoms with Gasteiger partial charge in [0.15, 0.2) is 0 Å². The molecule has 2 rings (SSSR count). The summed E-state index contributed by atoms with van der Waals surface area (Å²) in [6.07, 6.45) is 3.24. The van der Waals surface area contributed by atoms with E-state index in [4.69, 9.17) is 4.74 Å². The molecule has 2 N–H and O–H groups in total. The second-order valence-corrected chi connectivity index (χ2v) is 4.29. The highest BCUT2D eigenvalue weighted by atomic mass is 16.5. The number of carbonyl (C=O) groups excluding carboxylic acids is 1. The van der Waals surface area contributed by atoms with E-state index in [0.717, 1.165) is 30.7 Å². The van der Waals surface area contributed by atoms with Gasteiger partial charge in [-0.15, -0.1) is 0 Å². The average Bonchev–Trinajstić information content (AvgIpc) is 2.81. The molecule has 1 amide bonds. The van der Waals surface area contributed by atoms with Crippen LogP contribution in [0.25, 0.3) is 0 Å². The summed E-state index contributed by atoms with van der Waals surface area (Å²) in [6.45, 7) is 1.35. The fourth-order valence-electron chi connectivity index (χ4n) is 2.08. The Morgan fingerprint density at radius 3 is 3.18 bits per heavy atom. The second-order valence-electron chi connectivity index (χ2n) is 4.29. The molecule has 0 radical (unpaired) electrons. The van der Waals surface area contributed by atoms with Crippen LogP contribution in [-0.2, 0) is 22.4 Å². The van der Waals surface area contributed by atoms with Crippen LogP contribution in [0.3, 0.4) is 0 Å². The third-order valence-corrected chi connectivity index (χ3v) is 3.07. The van der Waals surface area contributed by atoms with Crippen LogP contribution in [0.2, 0.25) is 0 Å². The molecule has 0 aliphatic heterocycles. The first kappa shape index (κ1) is 12.0. The van der Waals surface area contributed by atoms with Crippen LogP contribution < -0.4 is 5.32 Å². The van der Waals surface area contributed by atoms with Crippen molar-refractivity contribution in [1.82, 2.24) is 20.7 Å². The number of ether oxygens (including phenoxy) is 1. The van der Waals surface area contributed by atoms with Gasteiger partial charge in [0.2, 0.25) is 5.91 Å². The number of carbonyl (C=O) groups is 1. The van der Waals surface area contributed by atoms with Gasteiger partial charge in [-0.2, -0.15) is 15.4 Å². The van der Waals surface area contributed by atoms with Gasteiger partial charge in [-0.3, -0.25) is 4.79 Å². The van der Waals surface area contributed by atoms with E-state index in [2.05, 4.69) is 20.7 Å². The number of methoxy groups -OCH3 is 1. The molecule has 1 aliphatic carbocycles. The highest BCUT2D eigenvalue weighted by molar-refractivity contribution is 5.79. The van der Waals surface area contributed by atoms with Crippen LogP contribution in [0, 0.1) is 5.92 Å². The maximum absolute atomic E-state index is 11.9. The van der Waals surface area contributed by atoms with E-state index in [1.54, 1.807) is 7.11 Å². The van der Waals surface area contributed by atoms with Gasteiger partial charge in [0.05, 0.1) is 11.4 Å². The van der Waals surface area contributed by atoms with Gasteiger partial charge in [-0.25, -0.2) is 0 Å². The number of aromatic nitrogens is 3. The molecule has 1 heterocycles. The molecule has 0 saturated heterocycles. The molecule has 0 aromatic carbocycles. The van der Waals surface area contributed by atoms with Crippen molar-refractivity contribution in [3.05, 3.63) is 11.4 Å². The van der Waals surface area contributed by atoms with Crippen LogP contribution in [0.4, 0.5) is 0 Å². The number of nitrogens with one attached hydrogen (secondary N) is 2. The lowest BCUT2D eigenvalue weighted by Gasteiger charge is -2.19. The molecule has 0 fully saturated rings. The molecular weight excluding hydrogens is 220 g/mol. The predicted molar refractivity (Wildman–Crippen MR) is 61.4 cm³/mol. The Balaban J connectivity index is 1.78. The van der Waals surface area contributed by atoms with Crippen molar-refractivity contribution in [3.63, 3.8) is 0 Å². The fraction of sp³-hybridized carbons (Fsp3) is 0.727. The van der Waals surface area contributed by atoms with E-state index < -0.39 is 0 Å². The first-order chi connectivity index (χ1) is 8.31. The minimum atomic E-state index is 0.0372. The lowest BCUT2D eigenvalue weighted by Crippen LogP contribution is -2.35. The Morgan fingerprint density at radius 2 is 2.35 bits per heavy atom. The van der Waals surface area contributed by atoms with Gasteiger partial charge in [-0.05, 0) is 19.3 Å². The minimum absolute atomic E-state index is 0.0372. The largest absolute Gasteiger partial charge is 0.385 e. The summed E-state index contributed by atoms with van der Waals surface area (Å²) in [7, 11) is 1.66. The standard InChI is InChI=1S/C11H18N4O2/c1-17-6-2-5-12-11(16)8-3-4-9-10(7-8)14-15-13-9/h8H,2-7H2,1H3,(H,12,16)(H,13,14,15). The zero-order chi connectivity index (χ0) is 12.1. The van der Waals surface area contributed by atoms with Gasteiger partial charge < -0.3 is 10.1 Å². The van der Waals surface area contributed by atoms with Crippen LogP contribution in [0.15, 0.2) is 0 Å². The van der Waals surface area contributed by atoms with Crippen molar-refractivity contribution in [2.45, 2.75) is 25.7 Å². The zero-order valence-electron chi connectivity index (χ0n) is 10.0. The number of amides is 1. The topological polar surface area (TPSA) is 79.9 Å². The van der Waals surface area contributed by atoms with E-state index in [-0.39, 0.29) is 11.8 Å². The lowest BCUT2D eigenvalue weighted by atomic mass is 9.89. The van der Waals surface area contributed by atoms with Gasteiger partial charge >= 0.3 is 0 Å². The minimum Gasteiger partial charge on any atom is -0.385 e. The van der Waals surface area contributed by atoms with Gasteiger partial charge in [0.25, 0.3) is 0 Å². The third kappa shape index (κ3) is 3.03. The monoisotopic (exact) mass is 238 g/mol. The number of aryl methyl sites for hydroxylation is 1. The summed E-state index contributed by atoms with van der Waals surface area (Å²) in [5, 5.41) is 13.7. The van der Waals surface area contributed by atoms with Crippen molar-refractivity contribution < 1.29 is 9.53 Å². The molecule has 1 aromatic rings. The SMILES string of the molecule is COCCCNC(=O)C1CCc2n[nH]nc2C1. The van der Waals surface area contributed by atoms with Gasteiger partial charge in [0, 0.05) is 32.6 Å². The fourth-order valence-corrected chi connectivity index (χ4v) is 2.08. The molecule has 1 aromatic heterocycles. The van der Waals surface area contributed by atoms with Crippen molar-refractivity contribution in [3.8, 4) is 0 Å². The Morgan fingerprint density at radius 1 is 1.53 bits per heavy atom. The Labute approximate surface area is 100 Å². The molecule has 1 aliphatic rings. The molecule has 0 saturated carbocycles. The average molecular weight is 238 g/mol. The number of hydrogen-bond acceptors (Lipinski definition) is 4. The van der Waals surface area contributed by atoms with Crippen LogP contribution in [0.5, 0.6) is 0 Å². The predicted octanol–water partition coefficient (Wildman–Crippen LogP) is 0.0623. The maximum atomic E-state index is 11.9. The van der Waals surface area contributed by atoms with E-state index in [0.29, 0.717) is 19.6 Å². The summed E-state index contributed by atoms with van der Waals surface area (Å²) in [6, 6.07) is 0. The number of fused-ring (bicyclic) bond motifs is 1. The van der Waals surface area contributed by atoms with Crippen molar-refractivity contribution in [1.29, 1.82) is 0 Å². The van der Waals surface area contributed by atoms with Gasteiger partial charge in [-0.1, -0.05) is 0 Å². The molecule has 0 bridgehead atoms. The number of hydrogen-bond donors (Lipinski definition) is 2. The molecular formula is C11H18N4O2. The molecule has 0 spiro atoms. The Bertz CT molecular complexity index is 377. The number of rotatable bonds is 5. The quantitative estimate of drug-likeness (QED) is 0.711. The first-order valence-electron chi connectivity index (χ1n) is 5.96. The van der Waals surface area contributed by atoms with Crippen molar-refractivity contribution in [2.75, 3.05) is 20.3 Å². The summed E-state index contributed by atoms with van der Waals surface area (Å²) < 4.78 is 4.93. The van der Waals surface area contributed by atoms with Crippen molar-refractivity contribution >= 4 is 5.91 Å².